The van der Waals surface area contributed by atoms with Crippen molar-refractivity contribution in [3.05, 3.63) is 0 Å². The number of rotatable bonds is 14. The van der Waals surface area contributed by atoms with Gasteiger partial charge in [0.15, 0.2) is 0 Å². The SMILES string of the molecule is CCC(CC)(CC)CCCOCCCC(CC)(CC)CC. The van der Waals surface area contributed by atoms with Gasteiger partial charge in [-0.05, 0) is 36.5 Å². The van der Waals surface area contributed by atoms with E-state index in [0.717, 1.165) is 13.2 Å². The van der Waals surface area contributed by atoms with E-state index in [-0.39, 0.29) is 0 Å². The van der Waals surface area contributed by atoms with Crippen molar-refractivity contribution in [3.8, 4) is 0 Å². The van der Waals surface area contributed by atoms with Gasteiger partial charge in [0.2, 0.25) is 0 Å². The molecule has 0 atom stereocenters. The highest BCUT2D eigenvalue weighted by molar-refractivity contribution is 4.75. The molecular weight excluding hydrogens is 256 g/mol. The van der Waals surface area contributed by atoms with E-state index in [4.69, 9.17) is 4.74 Å². The Morgan fingerprint density at radius 1 is 0.524 bits per heavy atom. The molecule has 0 aliphatic rings. The van der Waals surface area contributed by atoms with Gasteiger partial charge in [0.25, 0.3) is 0 Å². The van der Waals surface area contributed by atoms with Crippen LogP contribution in [0.15, 0.2) is 0 Å². The fraction of sp³-hybridized carbons (Fsp3) is 1.00. The molecule has 1 nitrogen and oxygen atoms in total. The Morgan fingerprint density at radius 2 is 0.810 bits per heavy atom. The molecule has 0 unspecified atom stereocenters. The van der Waals surface area contributed by atoms with Gasteiger partial charge in [-0.25, -0.2) is 0 Å². The van der Waals surface area contributed by atoms with E-state index in [2.05, 4.69) is 41.5 Å². The molecule has 0 aliphatic heterocycles. The lowest BCUT2D eigenvalue weighted by Gasteiger charge is -2.31. The standard InChI is InChI=1S/C20H42O/c1-7-19(8-2,9-3)15-13-17-21-18-14-16-20(10-4,11-5)12-6/h7-18H2,1-6H3. The second-order valence-electron chi connectivity index (χ2n) is 6.94. The minimum atomic E-state index is 0.575. The highest BCUT2D eigenvalue weighted by atomic mass is 16.5. The third-order valence-corrected chi connectivity index (χ3v) is 6.49. The lowest BCUT2D eigenvalue weighted by Crippen LogP contribution is -2.19. The molecule has 0 saturated heterocycles. The molecule has 128 valence electrons. The third kappa shape index (κ3) is 7.17. The smallest absolute Gasteiger partial charge is 0.0466 e. The minimum absolute atomic E-state index is 0.575. The first-order valence-electron chi connectivity index (χ1n) is 9.65. The number of ether oxygens (including phenoxy) is 1. The van der Waals surface area contributed by atoms with Gasteiger partial charge in [0.05, 0.1) is 0 Å². The van der Waals surface area contributed by atoms with E-state index < -0.39 is 0 Å². The molecular formula is C20H42O. The average Bonchev–Trinajstić information content (AvgIpc) is 2.55. The lowest BCUT2D eigenvalue weighted by molar-refractivity contribution is 0.0969. The highest BCUT2D eigenvalue weighted by Crippen LogP contribution is 2.36. The van der Waals surface area contributed by atoms with E-state index in [1.807, 2.05) is 0 Å². The summed E-state index contributed by atoms with van der Waals surface area (Å²) in [5.41, 5.74) is 1.15. The van der Waals surface area contributed by atoms with Gasteiger partial charge in [0.1, 0.15) is 0 Å². The molecule has 0 aromatic carbocycles. The van der Waals surface area contributed by atoms with Crippen molar-refractivity contribution in [2.24, 2.45) is 10.8 Å². The third-order valence-electron chi connectivity index (χ3n) is 6.49. The Balaban J connectivity index is 3.78. The van der Waals surface area contributed by atoms with E-state index >= 15 is 0 Å². The molecule has 0 radical (unpaired) electrons. The summed E-state index contributed by atoms with van der Waals surface area (Å²) in [6.45, 7) is 16.0. The van der Waals surface area contributed by atoms with Crippen LogP contribution in [0.1, 0.15) is 106 Å². The second-order valence-corrected chi connectivity index (χ2v) is 6.94. The molecule has 0 rings (SSSR count). The van der Waals surface area contributed by atoms with Gasteiger partial charge in [0, 0.05) is 13.2 Å². The Kier molecular flexibility index (Phi) is 11.5. The van der Waals surface area contributed by atoms with Crippen LogP contribution < -0.4 is 0 Å². The minimum Gasteiger partial charge on any atom is -0.381 e. The Morgan fingerprint density at radius 3 is 1.05 bits per heavy atom. The zero-order chi connectivity index (χ0) is 16.2. The van der Waals surface area contributed by atoms with Crippen LogP contribution in [-0.4, -0.2) is 13.2 Å². The molecule has 0 spiro atoms. The summed E-state index contributed by atoms with van der Waals surface area (Å²) in [6.07, 6.45) is 13.0. The fourth-order valence-corrected chi connectivity index (χ4v) is 3.76. The van der Waals surface area contributed by atoms with Crippen LogP contribution in [0.3, 0.4) is 0 Å². The predicted molar refractivity (Wildman–Crippen MR) is 95.9 cm³/mol. The summed E-state index contributed by atoms with van der Waals surface area (Å²) in [5, 5.41) is 0. The summed E-state index contributed by atoms with van der Waals surface area (Å²) in [6, 6.07) is 0. The van der Waals surface area contributed by atoms with E-state index in [0.29, 0.717) is 10.8 Å². The second kappa shape index (κ2) is 11.5. The molecule has 0 aromatic heterocycles. The van der Waals surface area contributed by atoms with Gasteiger partial charge in [-0.15, -0.1) is 0 Å². The fourth-order valence-electron chi connectivity index (χ4n) is 3.76. The predicted octanol–water partition coefficient (Wildman–Crippen LogP) is 7.00. The monoisotopic (exact) mass is 298 g/mol. The van der Waals surface area contributed by atoms with Crippen LogP contribution in [0.4, 0.5) is 0 Å². The van der Waals surface area contributed by atoms with Crippen molar-refractivity contribution < 1.29 is 4.74 Å². The van der Waals surface area contributed by atoms with Crippen LogP contribution in [-0.2, 0) is 4.74 Å². The molecule has 0 N–H and O–H groups in total. The van der Waals surface area contributed by atoms with E-state index in [1.165, 1.54) is 64.2 Å². The van der Waals surface area contributed by atoms with Crippen molar-refractivity contribution in [1.82, 2.24) is 0 Å². The molecule has 0 aliphatic carbocycles. The van der Waals surface area contributed by atoms with Crippen LogP contribution in [0.25, 0.3) is 0 Å². The van der Waals surface area contributed by atoms with Crippen molar-refractivity contribution in [2.75, 3.05) is 13.2 Å². The van der Waals surface area contributed by atoms with Crippen molar-refractivity contribution in [2.45, 2.75) is 106 Å². The van der Waals surface area contributed by atoms with Gasteiger partial charge in [-0.2, -0.15) is 0 Å². The normalized spacial score (nSPS) is 12.9. The zero-order valence-corrected chi connectivity index (χ0v) is 15.9. The molecule has 0 amide bonds. The van der Waals surface area contributed by atoms with Crippen molar-refractivity contribution in [3.63, 3.8) is 0 Å². The Bertz CT molecular complexity index is 185. The average molecular weight is 299 g/mol. The summed E-state index contributed by atoms with van der Waals surface area (Å²) < 4.78 is 5.89. The van der Waals surface area contributed by atoms with E-state index in [9.17, 15) is 0 Å². The number of hydrogen-bond acceptors (Lipinski definition) is 1. The van der Waals surface area contributed by atoms with Crippen LogP contribution >= 0.6 is 0 Å². The quantitative estimate of drug-likeness (QED) is 0.314. The molecule has 0 saturated carbocycles. The van der Waals surface area contributed by atoms with Gasteiger partial charge in [-0.3, -0.25) is 0 Å². The Hall–Kier alpha value is -0.0400. The first-order valence-corrected chi connectivity index (χ1v) is 9.65. The summed E-state index contributed by atoms with van der Waals surface area (Å²) in [5.74, 6) is 0. The largest absolute Gasteiger partial charge is 0.381 e. The molecule has 0 fully saturated rings. The van der Waals surface area contributed by atoms with Crippen LogP contribution in [0.5, 0.6) is 0 Å². The maximum absolute atomic E-state index is 5.89. The number of hydrogen-bond donors (Lipinski definition) is 0. The Labute approximate surface area is 135 Å². The molecule has 1 heteroatoms. The first-order chi connectivity index (χ1) is 10.1. The first kappa shape index (κ1) is 21.0. The van der Waals surface area contributed by atoms with Crippen LogP contribution in [0.2, 0.25) is 0 Å². The van der Waals surface area contributed by atoms with Gasteiger partial charge >= 0.3 is 0 Å². The summed E-state index contributed by atoms with van der Waals surface area (Å²) in [4.78, 5) is 0. The molecule has 21 heavy (non-hydrogen) atoms. The lowest BCUT2D eigenvalue weighted by atomic mass is 9.76. The van der Waals surface area contributed by atoms with Gasteiger partial charge < -0.3 is 4.74 Å². The molecule has 0 aromatic rings. The van der Waals surface area contributed by atoms with Crippen molar-refractivity contribution >= 4 is 0 Å². The summed E-state index contributed by atoms with van der Waals surface area (Å²) in [7, 11) is 0. The highest BCUT2D eigenvalue weighted by Gasteiger charge is 2.24. The molecule has 0 heterocycles. The maximum Gasteiger partial charge on any atom is 0.0466 e. The van der Waals surface area contributed by atoms with Crippen LogP contribution in [0, 0.1) is 10.8 Å². The van der Waals surface area contributed by atoms with E-state index in [1.54, 1.807) is 0 Å². The maximum atomic E-state index is 5.89. The molecule has 0 bridgehead atoms. The van der Waals surface area contributed by atoms with Crippen molar-refractivity contribution in [1.29, 1.82) is 0 Å². The topological polar surface area (TPSA) is 9.23 Å². The summed E-state index contributed by atoms with van der Waals surface area (Å²) >= 11 is 0. The zero-order valence-electron chi connectivity index (χ0n) is 15.9. The van der Waals surface area contributed by atoms with Gasteiger partial charge in [-0.1, -0.05) is 80.1 Å².